The van der Waals surface area contributed by atoms with Crippen molar-refractivity contribution in [2.75, 3.05) is 32.7 Å². The average Bonchev–Trinajstić information content (AvgIpc) is 2.56. The topological polar surface area (TPSA) is 39.7 Å². The lowest BCUT2D eigenvalue weighted by atomic mass is 9.99. The first-order chi connectivity index (χ1) is 11.2. The molecule has 0 unspecified atom stereocenters. The Balaban J connectivity index is 0.00000288. The third kappa shape index (κ3) is 7.79. The molecule has 0 saturated carbocycles. The van der Waals surface area contributed by atoms with Crippen molar-refractivity contribution in [1.29, 1.82) is 0 Å². The van der Waals surface area contributed by atoms with Gasteiger partial charge in [-0.3, -0.25) is 0 Å². The van der Waals surface area contributed by atoms with Crippen LogP contribution >= 0.6 is 24.0 Å². The van der Waals surface area contributed by atoms with Crippen LogP contribution in [0.4, 0.5) is 4.39 Å². The van der Waals surface area contributed by atoms with Crippen LogP contribution < -0.4 is 10.6 Å². The van der Waals surface area contributed by atoms with E-state index in [9.17, 15) is 4.39 Å². The lowest BCUT2D eigenvalue weighted by molar-refractivity contribution is 0.195. The van der Waals surface area contributed by atoms with Crippen LogP contribution in [-0.2, 0) is 6.54 Å². The normalized spacial score (nSPS) is 16.5. The van der Waals surface area contributed by atoms with Crippen molar-refractivity contribution >= 4 is 29.9 Å². The van der Waals surface area contributed by atoms with Crippen molar-refractivity contribution in [3.8, 4) is 0 Å². The van der Waals surface area contributed by atoms with E-state index in [4.69, 9.17) is 0 Å². The Morgan fingerprint density at radius 1 is 1.21 bits per heavy atom. The molecule has 4 nitrogen and oxygen atoms in total. The molecule has 0 radical (unpaired) electrons. The summed E-state index contributed by atoms with van der Waals surface area (Å²) in [5.74, 6) is 1.48. The third-order valence-electron chi connectivity index (χ3n) is 4.27. The molecule has 0 atom stereocenters. The van der Waals surface area contributed by atoms with Gasteiger partial charge in [-0.05, 0) is 56.5 Å². The molecule has 1 aromatic rings. The Hall–Kier alpha value is -0.890. The molecule has 1 aliphatic heterocycles. The number of hydrogen-bond acceptors (Lipinski definition) is 2. The van der Waals surface area contributed by atoms with Gasteiger partial charge in [0.25, 0.3) is 0 Å². The van der Waals surface area contributed by atoms with Gasteiger partial charge in [0.15, 0.2) is 5.96 Å². The van der Waals surface area contributed by atoms with Crippen LogP contribution in [-0.4, -0.2) is 43.6 Å². The fourth-order valence-corrected chi connectivity index (χ4v) is 2.72. The smallest absolute Gasteiger partial charge is 0.191 e. The number of aliphatic imine (C=N–C) groups is 1. The van der Waals surface area contributed by atoms with E-state index in [-0.39, 0.29) is 29.8 Å². The molecule has 1 aliphatic rings. The Morgan fingerprint density at radius 3 is 2.50 bits per heavy atom. The lowest BCUT2D eigenvalue weighted by Crippen LogP contribution is -2.43. The second-order valence-corrected chi connectivity index (χ2v) is 6.27. The first-order valence-corrected chi connectivity index (χ1v) is 8.66. The number of benzene rings is 1. The van der Waals surface area contributed by atoms with Gasteiger partial charge >= 0.3 is 0 Å². The van der Waals surface area contributed by atoms with Crippen molar-refractivity contribution in [2.24, 2.45) is 10.9 Å². The number of piperidine rings is 1. The molecule has 0 spiro atoms. The van der Waals surface area contributed by atoms with Gasteiger partial charge in [-0.15, -0.1) is 24.0 Å². The summed E-state index contributed by atoms with van der Waals surface area (Å²) in [5.41, 5.74) is 1.01. The summed E-state index contributed by atoms with van der Waals surface area (Å²) < 4.78 is 12.9. The fourth-order valence-electron chi connectivity index (χ4n) is 2.72. The van der Waals surface area contributed by atoms with Crippen LogP contribution in [0.2, 0.25) is 0 Å². The van der Waals surface area contributed by atoms with Gasteiger partial charge in [0.05, 0.1) is 6.54 Å². The van der Waals surface area contributed by atoms with E-state index >= 15 is 0 Å². The van der Waals surface area contributed by atoms with Gasteiger partial charge in [-0.25, -0.2) is 9.38 Å². The summed E-state index contributed by atoms with van der Waals surface area (Å²) in [4.78, 5) is 7.07. The average molecular weight is 448 g/mol. The highest BCUT2D eigenvalue weighted by molar-refractivity contribution is 14.0. The first kappa shape index (κ1) is 21.2. The van der Waals surface area contributed by atoms with Crippen LogP contribution in [0.1, 0.15) is 32.3 Å². The molecule has 136 valence electrons. The number of guanidine groups is 1. The number of rotatable bonds is 6. The van der Waals surface area contributed by atoms with Gasteiger partial charge in [-0.1, -0.05) is 19.1 Å². The van der Waals surface area contributed by atoms with Gasteiger partial charge in [-0.2, -0.15) is 0 Å². The van der Waals surface area contributed by atoms with E-state index in [1.807, 2.05) is 0 Å². The molecule has 0 amide bonds. The molecule has 2 rings (SSSR count). The van der Waals surface area contributed by atoms with E-state index in [1.165, 1.54) is 38.1 Å². The molecule has 24 heavy (non-hydrogen) atoms. The van der Waals surface area contributed by atoms with Gasteiger partial charge in [0.2, 0.25) is 0 Å². The number of nitrogens with zero attached hydrogens (tertiary/aromatic N) is 2. The minimum absolute atomic E-state index is 0. The van der Waals surface area contributed by atoms with Gasteiger partial charge < -0.3 is 15.5 Å². The second kappa shape index (κ2) is 11.6. The minimum Gasteiger partial charge on any atom is -0.357 e. The summed E-state index contributed by atoms with van der Waals surface area (Å²) in [7, 11) is 0. The highest BCUT2D eigenvalue weighted by atomic mass is 127. The molecule has 1 saturated heterocycles. The summed E-state index contributed by atoms with van der Waals surface area (Å²) >= 11 is 0. The minimum atomic E-state index is -0.210. The van der Waals surface area contributed by atoms with Crippen LogP contribution in [0, 0.1) is 11.7 Å². The summed E-state index contributed by atoms with van der Waals surface area (Å²) in [5, 5.41) is 6.64. The van der Waals surface area contributed by atoms with E-state index in [0.29, 0.717) is 6.54 Å². The van der Waals surface area contributed by atoms with Crippen LogP contribution in [0.3, 0.4) is 0 Å². The molecule has 6 heteroatoms. The van der Waals surface area contributed by atoms with Crippen LogP contribution in [0.15, 0.2) is 29.3 Å². The zero-order valence-corrected chi connectivity index (χ0v) is 17.1. The Kier molecular flexibility index (Phi) is 10.2. The molecular weight excluding hydrogens is 418 g/mol. The van der Waals surface area contributed by atoms with Crippen molar-refractivity contribution in [1.82, 2.24) is 15.5 Å². The van der Waals surface area contributed by atoms with E-state index in [2.05, 4.69) is 34.4 Å². The number of halogens is 2. The molecule has 1 fully saturated rings. The van der Waals surface area contributed by atoms with Crippen molar-refractivity contribution in [2.45, 2.75) is 33.2 Å². The monoisotopic (exact) mass is 448 g/mol. The summed E-state index contributed by atoms with van der Waals surface area (Å²) in [6.45, 7) is 10.1. The van der Waals surface area contributed by atoms with E-state index in [1.54, 1.807) is 12.1 Å². The first-order valence-electron chi connectivity index (χ1n) is 8.66. The molecule has 2 N–H and O–H groups in total. The molecule has 0 bridgehead atoms. The maximum atomic E-state index is 12.9. The molecule has 1 heterocycles. The maximum absolute atomic E-state index is 12.9. The molecular formula is C18H30FIN4. The predicted molar refractivity (Wildman–Crippen MR) is 109 cm³/mol. The third-order valence-corrected chi connectivity index (χ3v) is 4.27. The Bertz CT molecular complexity index is 484. The molecule has 0 aliphatic carbocycles. The number of likely N-dealkylation sites (tertiary alicyclic amines) is 1. The Labute approximate surface area is 162 Å². The summed E-state index contributed by atoms with van der Waals surface area (Å²) in [6, 6.07) is 6.50. The zero-order valence-electron chi connectivity index (χ0n) is 14.7. The van der Waals surface area contributed by atoms with Crippen LogP contribution in [0.5, 0.6) is 0 Å². The second-order valence-electron chi connectivity index (χ2n) is 6.27. The van der Waals surface area contributed by atoms with Gasteiger partial charge in [0, 0.05) is 19.6 Å². The highest BCUT2D eigenvalue weighted by Gasteiger charge is 2.14. The maximum Gasteiger partial charge on any atom is 0.191 e. The quantitative estimate of drug-likeness (QED) is 0.399. The van der Waals surface area contributed by atoms with Crippen LogP contribution in [0.25, 0.3) is 0 Å². The zero-order chi connectivity index (χ0) is 16.5. The summed E-state index contributed by atoms with van der Waals surface area (Å²) in [6.07, 6.45) is 2.61. The number of hydrogen-bond donors (Lipinski definition) is 2. The van der Waals surface area contributed by atoms with Crippen molar-refractivity contribution in [3.63, 3.8) is 0 Å². The largest absolute Gasteiger partial charge is 0.357 e. The fraction of sp³-hybridized carbons (Fsp3) is 0.611. The standard InChI is InChI=1S/C18H29FN4.HI/c1-3-20-18(22-14-16-4-6-17(19)7-5-16)21-10-13-23-11-8-15(2)9-12-23;/h4-7,15H,3,8-14H2,1-2H3,(H2,20,21,22);1H. The van der Waals surface area contributed by atoms with Gasteiger partial charge in [0.1, 0.15) is 5.82 Å². The molecule has 0 aromatic heterocycles. The highest BCUT2D eigenvalue weighted by Crippen LogP contribution is 2.15. The van der Waals surface area contributed by atoms with E-state index < -0.39 is 0 Å². The van der Waals surface area contributed by atoms with E-state index in [0.717, 1.165) is 37.1 Å². The van der Waals surface area contributed by atoms with Crippen molar-refractivity contribution < 1.29 is 4.39 Å². The molecule has 1 aromatic carbocycles. The Morgan fingerprint density at radius 2 is 1.88 bits per heavy atom. The number of nitrogens with one attached hydrogen (secondary N) is 2. The lowest BCUT2D eigenvalue weighted by Gasteiger charge is -2.30. The van der Waals surface area contributed by atoms with Crippen molar-refractivity contribution in [3.05, 3.63) is 35.6 Å². The SMILES string of the molecule is CCNC(=NCc1ccc(F)cc1)NCCN1CCC(C)CC1.I. The predicted octanol–water partition coefficient (Wildman–Crippen LogP) is 3.23.